The quantitative estimate of drug-likeness (QED) is 0.126. The first-order valence-electron chi connectivity index (χ1n) is 18.0. The van der Waals surface area contributed by atoms with E-state index in [0.717, 1.165) is 0 Å². The molecular formula is C44H47NO5SiSn. The maximum atomic E-state index is 7.61. The fourth-order valence-electron chi connectivity index (χ4n) is 7.92. The van der Waals surface area contributed by atoms with Gasteiger partial charge in [0.25, 0.3) is 0 Å². The van der Waals surface area contributed by atoms with Gasteiger partial charge in [0, 0.05) is 0 Å². The van der Waals surface area contributed by atoms with Crippen molar-refractivity contribution in [2.45, 2.75) is 50.4 Å². The van der Waals surface area contributed by atoms with Crippen LogP contribution >= 0.6 is 0 Å². The molecule has 2 aliphatic rings. The molecule has 2 heterocycles. The maximum absolute atomic E-state index is 7.61. The summed E-state index contributed by atoms with van der Waals surface area (Å²) in [6.45, 7) is 7.52. The van der Waals surface area contributed by atoms with Crippen molar-refractivity contribution in [3.05, 3.63) is 162 Å². The van der Waals surface area contributed by atoms with E-state index in [9.17, 15) is 0 Å². The van der Waals surface area contributed by atoms with Crippen LogP contribution in [-0.4, -0.2) is 77.3 Å². The predicted octanol–water partition coefficient (Wildman–Crippen LogP) is 5.34. The predicted molar refractivity (Wildman–Crippen MR) is 214 cm³/mol. The van der Waals surface area contributed by atoms with Gasteiger partial charge in [-0.2, -0.15) is 0 Å². The van der Waals surface area contributed by atoms with Gasteiger partial charge in [0.05, 0.1) is 0 Å². The Balaban J connectivity index is 1.24. The molecule has 0 N–H and O–H groups in total. The summed E-state index contributed by atoms with van der Waals surface area (Å²) < 4.78 is 33.7. The van der Waals surface area contributed by atoms with E-state index in [2.05, 4.69) is 188 Å². The second-order valence-electron chi connectivity index (χ2n) is 14.3. The molecule has 5 aromatic rings. The van der Waals surface area contributed by atoms with E-state index in [0.29, 0.717) is 18.9 Å². The van der Waals surface area contributed by atoms with Crippen molar-refractivity contribution in [1.29, 1.82) is 0 Å². The zero-order chi connectivity index (χ0) is 36.0. The number of nitrogens with zero attached hydrogens (tertiary/aromatic N) is 1. The van der Waals surface area contributed by atoms with Crippen LogP contribution in [0.3, 0.4) is 0 Å². The van der Waals surface area contributed by atoms with Crippen LogP contribution in [0.15, 0.2) is 167 Å². The first-order valence-corrected chi connectivity index (χ1v) is 25.8. The van der Waals surface area contributed by atoms with Crippen LogP contribution in [0.1, 0.15) is 20.8 Å². The number of hydrogen-bond acceptors (Lipinski definition) is 6. The monoisotopic (exact) mass is 817 g/mol. The molecule has 0 aliphatic carbocycles. The van der Waals surface area contributed by atoms with Gasteiger partial charge in [-0.25, -0.2) is 0 Å². The zero-order valence-corrected chi connectivity index (χ0v) is 34.2. The number of fused-ring (bicyclic) bond motifs is 2. The van der Waals surface area contributed by atoms with E-state index in [1.807, 2.05) is 0 Å². The molecule has 0 radical (unpaired) electrons. The zero-order valence-electron chi connectivity index (χ0n) is 30.3. The van der Waals surface area contributed by atoms with E-state index in [-0.39, 0.29) is 11.1 Å². The average Bonchev–Trinajstić information content (AvgIpc) is 3.63. The summed E-state index contributed by atoms with van der Waals surface area (Å²) in [5, 5.41) is 6.74. The van der Waals surface area contributed by atoms with Crippen molar-refractivity contribution in [1.82, 2.24) is 0 Å². The minimum absolute atomic E-state index is 0.244. The van der Waals surface area contributed by atoms with Crippen LogP contribution in [0.4, 0.5) is 0 Å². The Bertz CT molecular complexity index is 1800. The van der Waals surface area contributed by atoms with Crippen LogP contribution in [-0.2, 0) is 23.5 Å². The Morgan fingerprint density at radius 2 is 1.15 bits per heavy atom. The first-order chi connectivity index (χ1) is 25.4. The van der Waals surface area contributed by atoms with Gasteiger partial charge in [0.2, 0.25) is 0 Å². The van der Waals surface area contributed by atoms with Crippen LogP contribution in [0, 0.1) is 0 Å². The molecule has 8 heteroatoms. The summed E-state index contributed by atoms with van der Waals surface area (Å²) in [5.74, 6) is 0. The van der Waals surface area contributed by atoms with Crippen molar-refractivity contribution in [3.8, 4) is 0 Å². The van der Waals surface area contributed by atoms with Crippen molar-refractivity contribution in [2.75, 3.05) is 20.3 Å². The molecule has 0 amide bonds. The fraction of sp³-hybridized carbons (Fsp3) is 0.250. The van der Waals surface area contributed by atoms with Gasteiger partial charge in [0.1, 0.15) is 0 Å². The molecule has 0 saturated carbocycles. The Kier molecular flexibility index (Phi) is 11.3. The Hall–Kier alpha value is -3.83. The van der Waals surface area contributed by atoms with Gasteiger partial charge in [-0.3, -0.25) is 0 Å². The third-order valence-corrected chi connectivity index (χ3v) is 28.0. The van der Waals surface area contributed by atoms with E-state index < -0.39 is 45.2 Å². The molecule has 0 unspecified atom stereocenters. The SMILES string of the molecule is CO/N=C1/[C@H](OC/C=[CH]/[Sn]([c]2ccccc2)([c]2ccccc2)[c]2ccccc2)[C@@H]2OC[C@@H](O2)[C@H]1O[Si](c1ccccc1)(c1ccccc1)C(C)(C)C. The first kappa shape index (κ1) is 36.5. The number of hydrogen-bond donors (Lipinski definition) is 0. The summed E-state index contributed by atoms with van der Waals surface area (Å²) in [5.41, 5.74) is 0.659. The normalized spacial score (nSPS) is 21.4. The van der Waals surface area contributed by atoms with Gasteiger partial charge in [-0.05, 0) is 0 Å². The Morgan fingerprint density at radius 1 is 0.692 bits per heavy atom. The topological polar surface area (TPSA) is 58.5 Å². The number of rotatable bonds is 12. The Morgan fingerprint density at radius 3 is 1.60 bits per heavy atom. The van der Waals surface area contributed by atoms with Gasteiger partial charge >= 0.3 is 303 Å². The van der Waals surface area contributed by atoms with Crippen LogP contribution in [0.2, 0.25) is 5.04 Å². The molecule has 0 aromatic heterocycles. The van der Waals surface area contributed by atoms with Gasteiger partial charge in [0.15, 0.2) is 0 Å². The molecule has 4 atom stereocenters. The van der Waals surface area contributed by atoms with E-state index in [1.54, 1.807) is 7.11 Å². The molecule has 52 heavy (non-hydrogen) atoms. The third kappa shape index (κ3) is 6.98. The third-order valence-electron chi connectivity index (χ3n) is 10.2. The van der Waals surface area contributed by atoms with E-state index >= 15 is 0 Å². The molecule has 5 aromatic carbocycles. The van der Waals surface area contributed by atoms with Crippen LogP contribution < -0.4 is 21.1 Å². The number of ether oxygens (including phenoxy) is 3. The van der Waals surface area contributed by atoms with Gasteiger partial charge in [-0.15, -0.1) is 0 Å². The van der Waals surface area contributed by atoms with Crippen molar-refractivity contribution >= 4 is 53.5 Å². The average molecular weight is 817 g/mol. The molecule has 2 fully saturated rings. The molecule has 266 valence electrons. The molecule has 6 nitrogen and oxygen atoms in total. The standard InChI is InChI=1S/C26H32NO5Si.3C6H5.Sn/c1-6-17-29-24-22(27-28-5)23(21-18-30-25(24)31-21)32-33(26(2,3)4,19-13-9-7-10-14-19)20-15-11-8-12-16-20;3*1-2-4-6-5-3-1;/h1,6-16,21,23-25H,17-18H2,2-5H3;3*1-5H;/b6-1?,27-22+;;;;/t21-,23-,24+,25-;;;;/m1..../s1. The molecule has 2 bridgehead atoms. The second-order valence-corrected chi connectivity index (χ2v) is 29.1. The second kappa shape index (κ2) is 16.0. The summed E-state index contributed by atoms with van der Waals surface area (Å²) in [6, 6.07) is 54.0. The summed E-state index contributed by atoms with van der Waals surface area (Å²) in [4.78, 5) is 5.54. The number of oxime groups is 1. The van der Waals surface area contributed by atoms with Crippen molar-refractivity contribution in [2.24, 2.45) is 5.16 Å². The van der Waals surface area contributed by atoms with Gasteiger partial charge < -0.3 is 0 Å². The number of benzene rings is 5. The summed E-state index contributed by atoms with van der Waals surface area (Å²) in [7, 11) is -1.41. The molecule has 2 aliphatic heterocycles. The fourth-order valence-corrected chi connectivity index (χ4v) is 24.5. The van der Waals surface area contributed by atoms with Crippen molar-refractivity contribution < 1.29 is 23.5 Å². The van der Waals surface area contributed by atoms with Crippen molar-refractivity contribution in [3.63, 3.8) is 0 Å². The summed E-state index contributed by atoms with van der Waals surface area (Å²) in [6.07, 6.45) is 0.0505. The van der Waals surface area contributed by atoms with Gasteiger partial charge in [-0.1, -0.05) is 12.1 Å². The molecule has 0 spiro atoms. The molecular weight excluding hydrogens is 769 g/mol. The van der Waals surface area contributed by atoms with E-state index in [4.69, 9.17) is 23.5 Å². The Labute approximate surface area is 313 Å². The molecule has 7 rings (SSSR count). The van der Waals surface area contributed by atoms with Crippen LogP contribution in [0.25, 0.3) is 0 Å². The summed E-state index contributed by atoms with van der Waals surface area (Å²) >= 11 is -3.65. The minimum atomic E-state index is -3.65. The molecule has 2 saturated heterocycles. The van der Waals surface area contributed by atoms with Crippen LogP contribution in [0.5, 0.6) is 0 Å². The van der Waals surface area contributed by atoms with E-state index in [1.165, 1.54) is 21.1 Å².